The van der Waals surface area contributed by atoms with Gasteiger partial charge in [0.1, 0.15) is 0 Å². The molecule has 0 aliphatic rings. The van der Waals surface area contributed by atoms with Crippen molar-refractivity contribution in [2.24, 2.45) is 0 Å². The Bertz CT molecular complexity index is 354. The first-order valence-corrected chi connectivity index (χ1v) is 3.66. The molecular formula is C8H7F2NO3. The summed E-state index contributed by atoms with van der Waals surface area (Å²) < 4.78 is 27.4. The van der Waals surface area contributed by atoms with Gasteiger partial charge in [0.2, 0.25) is 5.88 Å². The predicted molar refractivity (Wildman–Crippen MR) is 42.6 cm³/mol. The van der Waals surface area contributed by atoms with Crippen molar-refractivity contribution in [1.82, 2.24) is 4.98 Å². The molecule has 0 spiro atoms. The SMILES string of the molecule is Cc1ccc(OC(F)F)nc1C(=O)O. The van der Waals surface area contributed by atoms with Gasteiger partial charge in [-0.2, -0.15) is 8.78 Å². The second-order valence-electron chi connectivity index (χ2n) is 2.50. The molecule has 14 heavy (non-hydrogen) atoms. The van der Waals surface area contributed by atoms with Gasteiger partial charge in [0.05, 0.1) is 0 Å². The van der Waals surface area contributed by atoms with Crippen LogP contribution in [0, 0.1) is 6.92 Å². The minimum Gasteiger partial charge on any atom is -0.477 e. The molecule has 76 valence electrons. The molecule has 0 bridgehead atoms. The number of ether oxygens (including phenoxy) is 1. The molecule has 0 aliphatic carbocycles. The number of rotatable bonds is 3. The molecule has 0 amide bonds. The first-order valence-electron chi connectivity index (χ1n) is 3.66. The van der Waals surface area contributed by atoms with Gasteiger partial charge in [-0.05, 0) is 12.5 Å². The van der Waals surface area contributed by atoms with E-state index in [0.717, 1.165) is 0 Å². The van der Waals surface area contributed by atoms with Crippen LogP contribution < -0.4 is 4.74 Å². The molecule has 1 rings (SSSR count). The van der Waals surface area contributed by atoms with Crippen LogP contribution >= 0.6 is 0 Å². The van der Waals surface area contributed by atoms with Crippen molar-refractivity contribution in [1.29, 1.82) is 0 Å². The third-order valence-corrected chi connectivity index (χ3v) is 1.48. The number of aromatic nitrogens is 1. The molecule has 6 heteroatoms. The van der Waals surface area contributed by atoms with E-state index >= 15 is 0 Å². The van der Waals surface area contributed by atoms with E-state index in [4.69, 9.17) is 5.11 Å². The molecule has 1 N–H and O–H groups in total. The topological polar surface area (TPSA) is 59.4 Å². The summed E-state index contributed by atoms with van der Waals surface area (Å²) >= 11 is 0. The van der Waals surface area contributed by atoms with Gasteiger partial charge in [0.15, 0.2) is 5.69 Å². The van der Waals surface area contributed by atoms with E-state index in [1.807, 2.05) is 0 Å². The maximum absolute atomic E-state index is 11.7. The first-order chi connectivity index (χ1) is 6.50. The molecule has 0 radical (unpaired) electrons. The van der Waals surface area contributed by atoms with Gasteiger partial charge in [0, 0.05) is 6.07 Å². The van der Waals surface area contributed by atoms with Crippen LogP contribution in [-0.2, 0) is 0 Å². The highest BCUT2D eigenvalue weighted by Crippen LogP contribution is 2.14. The molecular weight excluding hydrogens is 196 g/mol. The number of aromatic carboxylic acids is 1. The van der Waals surface area contributed by atoms with Gasteiger partial charge >= 0.3 is 12.6 Å². The van der Waals surface area contributed by atoms with E-state index in [1.165, 1.54) is 19.1 Å². The number of hydrogen-bond acceptors (Lipinski definition) is 3. The van der Waals surface area contributed by atoms with Crippen LogP contribution in [0.5, 0.6) is 5.88 Å². The quantitative estimate of drug-likeness (QED) is 0.811. The molecule has 4 nitrogen and oxygen atoms in total. The van der Waals surface area contributed by atoms with Crippen LogP contribution in [0.15, 0.2) is 12.1 Å². The monoisotopic (exact) mass is 203 g/mol. The molecule has 0 fully saturated rings. The largest absolute Gasteiger partial charge is 0.477 e. The summed E-state index contributed by atoms with van der Waals surface area (Å²) in [4.78, 5) is 14.0. The Morgan fingerprint density at radius 1 is 1.57 bits per heavy atom. The Hall–Kier alpha value is -1.72. The number of hydrogen-bond donors (Lipinski definition) is 1. The molecule has 0 aromatic carbocycles. The highest BCUT2D eigenvalue weighted by molar-refractivity contribution is 5.87. The smallest absolute Gasteiger partial charge is 0.388 e. The summed E-state index contributed by atoms with van der Waals surface area (Å²) in [6, 6.07) is 2.54. The van der Waals surface area contributed by atoms with Gasteiger partial charge in [-0.25, -0.2) is 9.78 Å². The maximum Gasteiger partial charge on any atom is 0.388 e. The molecule has 0 saturated heterocycles. The molecule has 1 heterocycles. The number of alkyl halides is 2. The Balaban J connectivity index is 3.00. The fourth-order valence-electron chi connectivity index (χ4n) is 0.884. The molecule has 0 saturated carbocycles. The van der Waals surface area contributed by atoms with Crippen molar-refractivity contribution in [2.45, 2.75) is 13.5 Å². The van der Waals surface area contributed by atoms with Crippen LogP contribution in [0.1, 0.15) is 16.1 Å². The molecule has 0 atom stereocenters. The minimum atomic E-state index is -3.01. The lowest BCUT2D eigenvalue weighted by Crippen LogP contribution is -2.08. The Morgan fingerprint density at radius 2 is 2.21 bits per heavy atom. The average molecular weight is 203 g/mol. The summed E-state index contributed by atoms with van der Waals surface area (Å²) in [6.07, 6.45) is 0. The van der Waals surface area contributed by atoms with E-state index in [2.05, 4.69) is 9.72 Å². The van der Waals surface area contributed by atoms with Crippen molar-refractivity contribution < 1.29 is 23.4 Å². The van der Waals surface area contributed by atoms with E-state index in [9.17, 15) is 13.6 Å². The van der Waals surface area contributed by atoms with Gasteiger partial charge in [-0.3, -0.25) is 0 Å². The fourth-order valence-corrected chi connectivity index (χ4v) is 0.884. The first kappa shape index (κ1) is 10.4. The number of carbonyl (C=O) groups is 1. The highest BCUT2D eigenvalue weighted by Gasteiger charge is 2.12. The number of halogens is 2. The molecule has 1 aromatic rings. The van der Waals surface area contributed by atoms with Gasteiger partial charge < -0.3 is 9.84 Å². The molecule has 1 aromatic heterocycles. The van der Waals surface area contributed by atoms with Gasteiger partial charge in [0.25, 0.3) is 0 Å². The van der Waals surface area contributed by atoms with Gasteiger partial charge in [-0.15, -0.1) is 0 Å². The van der Waals surface area contributed by atoms with Crippen LogP contribution in [0.25, 0.3) is 0 Å². The third-order valence-electron chi connectivity index (χ3n) is 1.48. The Labute approximate surface area is 78.1 Å². The second kappa shape index (κ2) is 3.99. The van der Waals surface area contributed by atoms with Crippen molar-refractivity contribution in [3.05, 3.63) is 23.4 Å². The number of carboxylic acid groups (broad SMARTS) is 1. The minimum absolute atomic E-state index is 0.289. The number of nitrogens with zero attached hydrogens (tertiary/aromatic N) is 1. The standard InChI is InChI=1S/C8H7F2NO3/c1-4-2-3-5(14-8(9)10)11-6(4)7(12)13/h2-3,8H,1H3,(H,12,13). The van der Waals surface area contributed by atoms with Crippen molar-refractivity contribution in [2.75, 3.05) is 0 Å². The zero-order chi connectivity index (χ0) is 10.7. The molecule has 0 unspecified atom stereocenters. The fraction of sp³-hybridized carbons (Fsp3) is 0.250. The Kier molecular flexibility index (Phi) is 2.95. The lowest BCUT2D eigenvalue weighted by atomic mass is 10.2. The van der Waals surface area contributed by atoms with Crippen LogP contribution in [0.3, 0.4) is 0 Å². The molecule has 0 aliphatic heterocycles. The zero-order valence-electron chi connectivity index (χ0n) is 7.20. The number of pyridine rings is 1. The van der Waals surface area contributed by atoms with E-state index in [0.29, 0.717) is 5.56 Å². The second-order valence-corrected chi connectivity index (χ2v) is 2.50. The van der Waals surface area contributed by atoms with Crippen molar-refractivity contribution >= 4 is 5.97 Å². The van der Waals surface area contributed by atoms with E-state index in [-0.39, 0.29) is 5.69 Å². The van der Waals surface area contributed by atoms with Crippen molar-refractivity contribution in [3.8, 4) is 5.88 Å². The van der Waals surface area contributed by atoms with Gasteiger partial charge in [-0.1, -0.05) is 6.07 Å². The average Bonchev–Trinajstić information content (AvgIpc) is 2.07. The maximum atomic E-state index is 11.7. The van der Waals surface area contributed by atoms with Crippen LogP contribution in [0.2, 0.25) is 0 Å². The van der Waals surface area contributed by atoms with Crippen molar-refractivity contribution in [3.63, 3.8) is 0 Å². The van der Waals surface area contributed by atoms with E-state index < -0.39 is 18.5 Å². The van der Waals surface area contributed by atoms with Crippen LogP contribution in [0.4, 0.5) is 8.78 Å². The summed E-state index contributed by atoms with van der Waals surface area (Å²) in [5.74, 6) is -1.68. The highest BCUT2D eigenvalue weighted by atomic mass is 19.3. The summed E-state index contributed by atoms with van der Waals surface area (Å²) in [7, 11) is 0. The Morgan fingerprint density at radius 3 is 2.71 bits per heavy atom. The summed E-state index contributed by atoms with van der Waals surface area (Å²) in [6.45, 7) is -1.49. The zero-order valence-corrected chi connectivity index (χ0v) is 7.20. The normalized spacial score (nSPS) is 10.3. The summed E-state index contributed by atoms with van der Waals surface area (Å²) in [5, 5.41) is 8.62. The predicted octanol–water partition coefficient (Wildman–Crippen LogP) is 1.69. The van der Waals surface area contributed by atoms with Crippen LogP contribution in [-0.4, -0.2) is 22.7 Å². The lowest BCUT2D eigenvalue weighted by Gasteiger charge is -2.05. The number of aryl methyl sites for hydroxylation is 1. The van der Waals surface area contributed by atoms with E-state index in [1.54, 1.807) is 0 Å². The summed E-state index contributed by atoms with van der Waals surface area (Å²) in [5.41, 5.74) is 0.0993. The third kappa shape index (κ3) is 2.38. The number of carboxylic acids is 1. The lowest BCUT2D eigenvalue weighted by molar-refractivity contribution is -0.0530.